The molecule has 0 unspecified atom stereocenters. The van der Waals surface area contributed by atoms with Crippen molar-refractivity contribution in [2.75, 3.05) is 10.0 Å². The van der Waals surface area contributed by atoms with Crippen molar-refractivity contribution >= 4 is 29.0 Å². The summed E-state index contributed by atoms with van der Waals surface area (Å²) in [6, 6.07) is 17.9. The molecule has 0 N–H and O–H groups in total. The van der Waals surface area contributed by atoms with Gasteiger partial charge in [-0.2, -0.15) is 0 Å². The fraction of sp³-hybridized carbons (Fsp3) is 0.167. The molecule has 2 aromatic carbocycles. The maximum atomic E-state index is 12.7. The molecule has 3 rings (SSSR count). The standard InChI is InChI=1S/C18H16N2O3/c1-13(21)12-16-17(22)19(14-8-4-2-5-9-14)20(18(16)23)15-10-6-3-7-11-15/h2-11,16H,12H2,1H3. The Bertz CT molecular complexity index is 686. The molecular weight excluding hydrogens is 292 g/mol. The molecule has 2 aromatic rings. The summed E-state index contributed by atoms with van der Waals surface area (Å²) in [4.78, 5) is 36.9. The second-order valence-corrected chi connectivity index (χ2v) is 5.43. The number of ketones is 1. The number of nitrogens with zero attached hydrogens (tertiary/aromatic N) is 2. The Kier molecular flexibility index (Phi) is 3.93. The zero-order valence-corrected chi connectivity index (χ0v) is 12.7. The van der Waals surface area contributed by atoms with E-state index in [-0.39, 0.29) is 24.0 Å². The first kappa shape index (κ1) is 15.0. The second kappa shape index (κ2) is 6.04. The van der Waals surface area contributed by atoms with E-state index in [0.29, 0.717) is 11.4 Å². The SMILES string of the molecule is CC(=O)CC1C(=O)N(c2ccccc2)N(c2ccccc2)C1=O. The van der Waals surface area contributed by atoms with Crippen LogP contribution in [-0.2, 0) is 14.4 Å². The van der Waals surface area contributed by atoms with Crippen molar-refractivity contribution in [2.24, 2.45) is 5.92 Å². The Morgan fingerprint density at radius 2 is 1.22 bits per heavy atom. The van der Waals surface area contributed by atoms with Gasteiger partial charge in [0.2, 0.25) is 0 Å². The lowest BCUT2D eigenvalue weighted by atomic mass is 10.0. The van der Waals surface area contributed by atoms with E-state index in [1.54, 1.807) is 48.5 Å². The molecule has 5 nitrogen and oxygen atoms in total. The van der Waals surface area contributed by atoms with Crippen LogP contribution in [0.1, 0.15) is 13.3 Å². The third kappa shape index (κ3) is 2.73. The molecule has 0 atom stereocenters. The minimum atomic E-state index is -0.965. The van der Waals surface area contributed by atoms with Gasteiger partial charge in [0.1, 0.15) is 11.7 Å². The number of para-hydroxylation sites is 2. The highest BCUT2D eigenvalue weighted by Crippen LogP contribution is 2.32. The number of carbonyl (C=O) groups excluding carboxylic acids is 3. The number of hydrogen-bond donors (Lipinski definition) is 0. The molecule has 0 aliphatic carbocycles. The molecule has 1 heterocycles. The number of rotatable bonds is 4. The topological polar surface area (TPSA) is 57.7 Å². The van der Waals surface area contributed by atoms with Crippen LogP contribution < -0.4 is 10.0 Å². The quantitative estimate of drug-likeness (QED) is 0.816. The first-order valence-electron chi connectivity index (χ1n) is 7.37. The first-order chi connectivity index (χ1) is 11.1. The fourth-order valence-corrected chi connectivity index (χ4v) is 2.68. The summed E-state index contributed by atoms with van der Waals surface area (Å²) in [6.45, 7) is 1.39. The van der Waals surface area contributed by atoms with Gasteiger partial charge in [0.05, 0.1) is 11.4 Å². The van der Waals surface area contributed by atoms with Crippen LogP contribution in [0.25, 0.3) is 0 Å². The molecule has 1 saturated heterocycles. The fourth-order valence-electron chi connectivity index (χ4n) is 2.68. The Morgan fingerprint density at radius 3 is 1.57 bits per heavy atom. The Morgan fingerprint density at radius 1 is 0.826 bits per heavy atom. The molecule has 1 fully saturated rings. The number of hydrazine groups is 1. The van der Waals surface area contributed by atoms with Gasteiger partial charge >= 0.3 is 0 Å². The smallest absolute Gasteiger partial charge is 0.259 e. The van der Waals surface area contributed by atoms with Gasteiger partial charge in [-0.25, -0.2) is 10.0 Å². The predicted molar refractivity (Wildman–Crippen MR) is 86.6 cm³/mol. The molecule has 0 saturated carbocycles. The lowest BCUT2D eigenvalue weighted by molar-refractivity contribution is -0.131. The third-order valence-corrected chi connectivity index (χ3v) is 3.71. The molecule has 1 aliphatic heterocycles. The van der Waals surface area contributed by atoms with E-state index in [4.69, 9.17) is 0 Å². The second-order valence-electron chi connectivity index (χ2n) is 5.43. The van der Waals surface area contributed by atoms with E-state index in [0.717, 1.165) is 0 Å². The number of Topliss-reactive ketones (excluding diaryl/α,β-unsaturated/α-hetero) is 1. The van der Waals surface area contributed by atoms with Crippen LogP contribution in [0, 0.1) is 5.92 Å². The number of hydrogen-bond acceptors (Lipinski definition) is 3. The molecule has 1 aliphatic rings. The predicted octanol–water partition coefficient (Wildman–Crippen LogP) is 2.58. The summed E-state index contributed by atoms with van der Waals surface area (Å²) in [6.07, 6.45) is -0.0790. The van der Waals surface area contributed by atoms with Gasteiger partial charge in [0, 0.05) is 6.42 Å². The average molecular weight is 308 g/mol. The largest absolute Gasteiger partial charge is 0.300 e. The summed E-state index contributed by atoms with van der Waals surface area (Å²) < 4.78 is 0. The van der Waals surface area contributed by atoms with Crippen molar-refractivity contribution in [1.82, 2.24) is 0 Å². The molecule has 0 aromatic heterocycles. The summed E-state index contributed by atoms with van der Waals surface area (Å²) >= 11 is 0. The van der Waals surface area contributed by atoms with E-state index in [9.17, 15) is 14.4 Å². The zero-order valence-electron chi connectivity index (χ0n) is 12.7. The molecule has 23 heavy (non-hydrogen) atoms. The van der Waals surface area contributed by atoms with Gasteiger partial charge in [-0.3, -0.25) is 14.4 Å². The highest BCUT2D eigenvalue weighted by Gasteiger charge is 2.47. The number of anilines is 2. The number of carbonyl (C=O) groups is 3. The minimum Gasteiger partial charge on any atom is -0.300 e. The lowest BCUT2D eigenvalue weighted by Crippen LogP contribution is -2.41. The molecule has 0 bridgehead atoms. The van der Waals surface area contributed by atoms with Crippen LogP contribution in [0.4, 0.5) is 11.4 Å². The van der Waals surface area contributed by atoms with Crippen molar-refractivity contribution < 1.29 is 14.4 Å². The van der Waals surface area contributed by atoms with Crippen LogP contribution in [0.3, 0.4) is 0 Å². The molecule has 116 valence electrons. The summed E-state index contributed by atoms with van der Waals surface area (Å²) in [5, 5.41) is 2.70. The normalized spacial score (nSPS) is 15.3. The van der Waals surface area contributed by atoms with Crippen LogP contribution in [0.15, 0.2) is 60.7 Å². The summed E-state index contributed by atoms with van der Waals surface area (Å²) in [7, 11) is 0. The number of benzene rings is 2. The van der Waals surface area contributed by atoms with Crippen molar-refractivity contribution in [3.63, 3.8) is 0 Å². The van der Waals surface area contributed by atoms with Crippen molar-refractivity contribution in [2.45, 2.75) is 13.3 Å². The van der Waals surface area contributed by atoms with Crippen molar-refractivity contribution in [3.8, 4) is 0 Å². The summed E-state index contributed by atoms with van der Waals surface area (Å²) in [5.41, 5.74) is 1.20. The Balaban J connectivity index is 2.07. The number of amides is 2. The van der Waals surface area contributed by atoms with Crippen molar-refractivity contribution in [1.29, 1.82) is 0 Å². The summed E-state index contributed by atoms with van der Waals surface area (Å²) in [5.74, 6) is -1.90. The van der Waals surface area contributed by atoms with E-state index < -0.39 is 5.92 Å². The van der Waals surface area contributed by atoms with E-state index in [1.807, 2.05) is 12.1 Å². The maximum Gasteiger partial charge on any atom is 0.259 e. The highest BCUT2D eigenvalue weighted by molar-refractivity contribution is 6.24. The maximum absolute atomic E-state index is 12.7. The van der Waals surface area contributed by atoms with Crippen molar-refractivity contribution in [3.05, 3.63) is 60.7 Å². The van der Waals surface area contributed by atoms with Crippen LogP contribution in [0.5, 0.6) is 0 Å². The van der Waals surface area contributed by atoms with E-state index >= 15 is 0 Å². The molecule has 0 spiro atoms. The lowest BCUT2D eigenvalue weighted by Gasteiger charge is -2.27. The average Bonchev–Trinajstić information content (AvgIpc) is 2.80. The van der Waals surface area contributed by atoms with Gasteiger partial charge in [-0.1, -0.05) is 36.4 Å². The third-order valence-electron chi connectivity index (χ3n) is 3.71. The van der Waals surface area contributed by atoms with Gasteiger partial charge in [0.15, 0.2) is 0 Å². The van der Waals surface area contributed by atoms with Gasteiger partial charge in [-0.05, 0) is 31.2 Å². The van der Waals surface area contributed by atoms with Crippen LogP contribution in [0.2, 0.25) is 0 Å². The van der Waals surface area contributed by atoms with Gasteiger partial charge in [0.25, 0.3) is 11.8 Å². The first-order valence-corrected chi connectivity index (χ1v) is 7.37. The van der Waals surface area contributed by atoms with E-state index in [2.05, 4.69) is 0 Å². The minimum absolute atomic E-state index is 0.0790. The van der Waals surface area contributed by atoms with Crippen LogP contribution in [-0.4, -0.2) is 17.6 Å². The molecule has 0 radical (unpaired) electrons. The Hall–Kier alpha value is -2.95. The Labute approximate surface area is 134 Å². The highest BCUT2D eigenvalue weighted by atomic mass is 16.2. The van der Waals surface area contributed by atoms with Crippen LogP contribution >= 0.6 is 0 Å². The monoisotopic (exact) mass is 308 g/mol. The molecular formula is C18H16N2O3. The zero-order chi connectivity index (χ0) is 16.4. The van der Waals surface area contributed by atoms with Gasteiger partial charge < -0.3 is 0 Å². The van der Waals surface area contributed by atoms with Gasteiger partial charge in [-0.15, -0.1) is 0 Å². The van der Waals surface area contributed by atoms with E-state index in [1.165, 1.54) is 16.9 Å². The molecule has 5 heteroatoms. The molecule has 2 amide bonds.